The van der Waals surface area contributed by atoms with E-state index in [0.717, 1.165) is 0 Å². The van der Waals surface area contributed by atoms with Crippen LogP contribution in [-0.4, -0.2) is 5.84 Å². The minimum Gasteiger partial charge on any atom is -0.386 e. The van der Waals surface area contributed by atoms with Gasteiger partial charge in [0, 0.05) is 6.08 Å². The van der Waals surface area contributed by atoms with E-state index in [0.29, 0.717) is 0 Å². The van der Waals surface area contributed by atoms with Crippen LogP contribution < -0.4 is 17.2 Å². The number of rotatable bonds is 1. The summed E-state index contributed by atoms with van der Waals surface area (Å²) in [6.45, 7) is 0. The highest BCUT2D eigenvalue weighted by molar-refractivity contribution is 5.88. The maximum Gasteiger partial charge on any atom is 0.118 e. The lowest BCUT2D eigenvalue weighted by Crippen LogP contribution is -2.14. The van der Waals surface area contributed by atoms with Crippen LogP contribution in [0.15, 0.2) is 11.9 Å². The van der Waals surface area contributed by atoms with Crippen molar-refractivity contribution in [3.05, 3.63) is 11.9 Å². The SMILES string of the molecule is N=C(N)C=C(N)N. The van der Waals surface area contributed by atoms with E-state index in [1.54, 1.807) is 0 Å². The molecule has 0 atom stereocenters. The van der Waals surface area contributed by atoms with Gasteiger partial charge in [0.1, 0.15) is 5.84 Å². The summed E-state index contributed by atoms with van der Waals surface area (Å²) in [7, 11) is 0. The fraction of sp³-hybridized carbons (Fsp3) is 0. The number of hydrogen-bond donors (Lipinski definition) is 4. The first-order valence-electron chi connectivity index (χ1n) is 1.69. The molecule has 4 heteroatoms. The molecule has 7 N–H and O–H groups in total. The standard InChI is InChI=1S/C3H8N4/c4-2(5)1-3(6)7/h1H,4-5H2,(H3,6,7). The minimum absolute atomic E-state index is 0.0625. The van der Waals surface area contributed by atoms with Crippen LogP contribution in [0.2, 0.25) is 0 Å². The normalized spacial score (nSPS) is 7.43. The molecular weight excluding hydrogens is 92.1 g/mol. The summed E-state index contributed by atoms with van der Waals surface area (Å²) in [5, 5.41) is 6.57. The van der Waals surface area contributed by atoms with Crippen molar-refractivity contribution in [2.75, 3.05) is 0 Å². The van der Waals surface area contributed by atoms with E-state index in [-0.39, 0.29) is 11.7 Å². The fourth-order valence-electron chi connectivity index (χ4n) is 0.180. The zero-order valence-electron chi connectivity index (χ0n) is 3.81. The second-order valence-electron chi connectivity index (χ2n) is 1.10. The molecule has 0 saturated heterocycles. The molecule has 0 bridgehead atoms. The van der Waals surface area contributed by atoms with Gasteiger partial charge in [0.2, 0.25) is 0 Å². The quantitative estimate of drug-likeness (QED) is 0.243. The average molecular weight is 100 g/mol. The summed E-state index contributed by atoms with van der Waals surface area (Å²) in [6, 6.07) is 0. The fourth-order valence-corrected chi connectivity index (χ4v) is 0.180. The topological polar surface area (TPSA) is 102 Å². The zero-order valence-corrected chi connectivity index (χ0v) is 3.81. The van der Waals surface area contributed by atoms with Crippen LogP contribution in [0.25, 0.3) is 0 Å². The molecule has 0 radical (unpaired) electrons. The molecule has 0 aliphatic heterocycles. The number of hydrogen-bond acceptors (Lipinski definition) is 3. The van der Waals surface area contributed by atoms with Gasteiger partial charge in [-0.1, -0.05) is 0 Å². The molecule has 0 aromatic rings. The van der Waals surface area contributed by atoms with E-state index in [9.17, 15) is 0 Å². The van der Waals surface area contributed by atoms with Crippen molar-refractivity contribution in [2.45, 2.75) is 0 Å². The summed E-state index contributed by atoms with van der Waals surface area (Å²) in [4.78, 5) is 0. The molecule has 0 amide bonds. The number of nitrogens with two attached hydrogens (primary N) is 3. The maximum atomic E-state index is 6.57. The van der Waals surface area contributed by atoms with Gasteiger partial charge in [-0.15, -0.1) is 0 Å². The van der Waals surface area contributed by atoms with Gasteiger partial charge in [-0.3, -0.25) is 5.41 Å². The lowest BCUT2D eigenvalue weighted by atomic mass is 10.5. The molecule has 4 nitrogen and oxygen atoms in total. The van der Waals surface area contributed by atoms with Crippen LogP contribution in [0, 0.1) is 5.41 Å². The molecular formula is C3H8N4. The third kappa shape index (κ3) is 4.81. The smallest absolute Gasteiger partial charge is 0.118 e. The first-order chi connectivity index (χ1) is 3.13. The van der Waals surface area contributed by atoms with Gasteiger partial charge in [-0.25, -0.2) is 0 Å². The highest BCUT2D eigenvalue weighted by atomic mass is 14.8. The summed E-state index contributed by atoms with van der Waals surface area (Å²) in [6.07, 6.45) is 1.17. The van der Waals surface area contributed by atoms with Crippen molar-refractivity contribution in [3.8, 4) is 0 Å². The molecule has 0 heterocycles. The van der Waals surface area contributed by atoms with Crippen LogP contribution in [0.4, 0.5) is 0 Å². The highest BCUT2D eigenvalue weighted by Crippen LogP contribution is 1.65. The van der Waals surface area contributed by atoms with Gasteiger partial charge in [0.05, 0.1) is 5.82 Å². The van der Waals surface area contributed by atoms with Crippen molar-refractivity contribution in [1.82, 2.24) is 0 Å². The Hall–Kier alpha value is -1.19. The Morgan fingerprint density at radius 3 is 1.71 bits per heavy atom. The van der Waals surface area contributed by atoms with Gasteiger partial charge >= 0.3 is 0 Å². The van der Waals surface area contributed by atoms with E-state index >= 15 is 0 Å². The van der Waals surface area contributed by atoms with Gasteiger partial charge in [0.25, 0.3) is 0 Å². The Morgan fingerprint density at radius 2 is 1.71 bits per heavy atom. The van der Waals surface area contributed by atoms with Gasteiger partial charge < -0.3 is 17.2 Å². The van der Waals surface area contributed by atoms with Crippen molar-refractivity contribution in [3.63, 3.8) is 0 Å². The molecule has 0 fully saturated rings. The largest absolute Gasteiger partial charge is 0.386 e. The molecule has 40 valence electrons. The second kappa shape index (κ2) is 2.07. The van der Waals surface area contributed by atoms with Crippen LogP contribution in [-0.2, 0) is 0 Å². The zero-order chi connectivity index (χ0) is 5.86. The lowest BCUT2D eigenvalue weighted by molar-refractivity contribution is 1.25. The van der Waals surface area contributed by atoms with Crippen molar-refractivity contribution < 1.29 is 0 Å². The van der Waals surface area contributed by atoms with E-state index in [4.69, 9.17) is 22.6 Å². The molecule has 7 heavy (non-hydrogen) atoms. The number of nitrogens with one attached hydrogen (secondary N) is 1. The summed E-state index contributed by atoms with van der Waals surface area (Å²) in [5.41, 5.74) is 14.7. The average Bonchev–Trinajstić information content (AvgIpc) is 1.27. The van der Waals surface area contributed by atoms with E-state index in [1.807, 2.05) is 0 Å². The van der Waals surface area contributed by atoms with E-state index in [2.05, 4.69) is 0 Å². The maximum absolute atomic E-state index is 6.57. The first-order valence-corrected chi connectivity index (χ1v) is 1.69. The van der Waals surface area contributed by atoms with E-state index < -0.39 is 0 Å². The summed E-state index contributed by atoms with van der Waals surface area (Å²) >= 11 is 0. The Kier molecular flexibility index (Phi) is 1.72. The molecule has 0 saturated carbocycles. The Morgan fingerprint density at radius 1 is 1.29 bits per heavy atom. The predicted octanol–water partition coefficient (Wildman–Crippen LogP) is -1.32. The van der Waals surface area contributed by atoms with Crippen molar-refractivity contribution in [1.29, 1.82) is 5.41 Å². The number of amidine groups is 1. The van der Waals surface area contributed by atoms with Crippen LogP contribution in [0.1, 0.15) is 0 Å². The van der Waals surface area contributed by atoms with E-state index in [1.165, 1.54) is 6.08 Å². The minimum atomic E-state index is -0.125. The molecule has 0 spiro atoms. The van der Waals surface area contributed by atoms with Crippen LogP contribution in [0.5, 0.6) is 0 Å². The highest BCUT2D eigenvalue weighted by Gasteiger charge is 1.77. The molecule has 0 aliphatic rings. The Labute approximate surface area is 41.5 Å². The molecule has 0 aromatic heterocycles. The molecule has 0 aromatic carbocycles. The second-order valence-corrected chi connectivity index (χ2v) is 1.10. The summed E-state index contributed by atoms with van der Waals surface area (Å²) in [5.74, 6) is -0.0625. The van der Waals surface area contributed by atoms with Crippen LogP contribution >= 0.6 is 0 Å². The first kappa shape index (κ1) is 5.81. The monoisotopic (exact) mass is 100 g/mol. The van der Waals surface area contributed by atoms with Gasteiger partial charge in [0.15, 0.2) is 0 Å². The van der Waals surface area contributed by atoms with Crippen LogP contribution in [0.3, 0.4) is 0 Å². The lowest BCUT2D eigenvalue weighted by Gasteiger charge is -1.85. The predicted molar refractivity (Wildman–Crippen MR) is 28.4 cm³/mol. The molecule has 0 aliphatic carbocycles. The third-order valence-electron chi connectivity index (χ3n) is 0.322. The molecule has 0 rings (SSSR count). The Bertz CT molecular complexity index is 99.5. The van der Waals surface area contributed by atoms with Crippen molar-refractivity contribution >= 4 is 5.84 Å². The third-order valence-corrected chi connectivity index (χ3v) is 0.322. The summed E-state index contributed by atoms with van der Waals surface area (Å²) < 4.78 is 0. The van der Waals surface area contributed by atoms with Gasteiger partial charge in [-0.2, -0.15) is 0 Å². The Balaban J connectivity index is 3.68. The van der Waals surface area contributed by atoms with Gasteiger partial charge in [-0.05, 0) is 0 Å². The van der Waals surface area contributed by atoms with Crippen molar-refractivity contribution in [2.24, 2.45) is 17.2 Å². The molecule has 0 unspecified atom stereocenters.